The lowest BCUT2D eigenvalue weighted by atomic mass is 9.97. The molecule has 6 rings (SSSR count). The molecule has 0 aliphatic carbocycles. The van der Waals surface area contributed by atoms with E-state index in [4.69, 9.17) is 32.8 Å². The molecule has 19 heteroatoms. The predicted molar refractivity (Wildman–Crippen MR) is 170 cm³/mol. The monoisotopic (exact) mass is 740 g/mol. The molecular weight excluding hydrogens is 700 g/mol. The number of benzene rings is 2. The van der Waals surface area contributed by atoms with Gasteiger partial charge in [-0.15, -0.1) is 0 Å². The van der Waals surface area contributed by atoms with Crippen LogP contribution in [0, 0.1) is 0 Å². The molecule has 3 aliphatic heterocycles. The molecule has 11 N–H and O–H groups in total. The van der Waals surface area contributed by atoms with Crippen LogP contribution in [0.5, 0.6) is 23.0 Å². The van der Waals surface area contributed by atoms with Gasteiger partial charge in [-0.05, 0) is 38.1 Å². The van der Waals surface area contributed by atoms with Crippen molar-refractivity contribution >= 4 is 11.0 Å². The van der Waals surface area contributed by atoms with Crippen molar-refractivity contribution in [3.05, 3.63) is 46.6 Å². The molecular formula is C33H40O19. The highest BCUT2D eigenvalue weighted by Gasteiger charge is 2.52. The van der Waals surface area contributed by atoms with Crippen LogP contribution in [-0.2, 0) is 23.7 Å². The Morgan fingerprint density at radius 2 is 1.25 bits per heavy atom. The Morgan fingerprint density at radius 1 is 0.654 bits per heavy atom. The zero-order chi connectivity index (χ0) is 37.8. The maximum absolute atomic E-state index is 14.0. The third-order valence-corrected chi connectivity index (χ3v) is 9.26. The van der Waals surface area contributed by atoms with E-state index < -0.39 is 127 Å². The lowest BCUT2D eigenvalue weighted by molar-refractivity contribution is -0.360. The van der Waals surface area contributed by atoms with Crippen LogP contribution in [0.1, 0.15) is 13.8 Å². The minimum Gasteiger partial charge on any atom is -0.508 e. The highest BCUT2D eigenvalue weighted by Crippen LogP contribution is 2.38. The number of fused-ring (bicyclic) bond motifs is 1. The number of phenols is 3. The molecule has 3 saturated heterocycles. The fourth-order valence-corrected chi connectivity index (χ4v) is 6.20. The van der Waals surface area contributed by atoms with Crippen LogP contribution in [0.15, 0.2) is 45.6 Å². The molecule has 0 bridgehead atoms. The Hall–Kier alpha value is -3.67. The number of hydrogen-bond donors (Lipinski definition) is 11. The van der Waals surface area contributed by atoms with E-state index in [0.29, 0.717) is 0 Å². The molecule has 0 unspecified atom stereocenters. The molecule has 52 heavy (non-hydrogen) atoms. The average molecular weight is 741 g/mol. The van der Waals surface area contributed by atoms with Gasteiger partial charge < -0.3 is 89.0 Å². The summed E-state index contributed by atoms with van der Waals surface area (Å²) >= 11 is 0. The second-order valence-corrected chi connectivity index (χ2v) is 12.9. The molecule has 3 aromatic rings. The van der Waals surface area contributed by atoms with Crippen molar-refractivity contribution in [1.29, 1.82) is 0 Å². The maximum Gasteiger partial charge on any atom is 0.239 e. The largest absolute Gasteiger partial charge is 0.508 e. The van der Waals surface area contributed by atoms with Crippen molar-refractivity contribution in [2.24, 2.45) is 0 Å². The summed E-state index contributed by atoms with van der Waals surface area (Å²) < 4.78 is 40.3. The smallest absolute Gasteiger partial charge is 0.239 e. The average Bonchev–Trinajstić information content (AvgIpc) is 3.10. The SMILES string of the molecule is C[C@@H]1O[C@@H](OC[C@H]2O[C@@H](Oc3c(-c4ccc(O)cc4)oc4cc(O)cc(O)c4c3=O)[C@H](O[C@@H]3O[C@@H](C)[C@H](O)[C@@H](O)[C@H]3O)[C@@H](O)[C@@H]2O)[C@H](O)[C@H](O)[C@H]1O. The topological polar surface area (TPSA) is 308 Å². The summed E-state index contributed by atoms with van der Waals surface area (Å²) in [5.74, 6) is -2.27. The first-order chi connectivity index (χ1) is 24.6. The fourth-order valence-electron chi connectivity index (χ4n) is 6.20. The van der Waals surface area contributed by atoms with E-state index in [-0.39, 0.29) is 22.7 Å². The Morgan fingerprint density at radius 3 is 1.88 bits per heavy atom. The minimum atomic E-state index is -2.00. The third kappa shape index (κ3) is 7.16. The predicted octanol–water partition coefficient (Wildman–Crippen LogP) is -2.54. The summed E-state index contributed by atoms with van der Waals surface area (Å²) in [6, 6.07) is 7.16. The van der Waals surface area contributed by atoms with E-state index in [1.165, 1.54) is 38.1 Å². The Bertz CT molecular complexity index is 1760. The molecule has 0 saturated carbocycles. The molecule has 19 nitrogen and oxygen atoms in total. The molecule has 15 atom stereocenters. The van der Waals surface area contributed by atoms with E-state index in [1.54, 1.807) is 0 Å². The number of aliphatic hydroxyl groups excluding tert-OH is 8. The number of aliphatic hydroxyl groups is 8. The van der Waals surface area contributed by atoms with Gasteiger partial charge in [-0.2, -0.15) is 0 Å². The Balaban J connectivity index is 1.38. The molecule has 286 valence electrons. The molecule has 4 heterocycles. The van der Waals surface area contributed by atoms with Crippen molar-refractivity contribution in [3.8, 4) is 34.3 Å². The first-order valence-corrected chi connectivity index (χ1v) is 16.2. The van der Waals surface area contributed by atoms with Gasteiger partial charge in [-0.3, -0.25) is 4.79 Å². The van der Waals surface area contributed by atoms with Gasteiger partial charge in [0.05, 0.1) is 18.8 Å². The summed E-state index contributed by atoms with van der Waals surface area (Å²) in [7, 11) is 0. The zero-order valence-corrected chi connectivity index (χ0v) is 27.5. The third-order valence-electron chi connectivity index (χ3n) is 9.26. The fraction of sp³-hybridized carbons (Fsp3) is 0.545. The van der Waals surface area contributed by atoms with Crippen LogP contribution in [0.3, 0.4) is 0 Å². The second kappa shape index (κ2) is 15.0. The first kappa shape index (κ1) is 38.1. The van der Waals surface area contributed by atoms with Crippen molar-refractivity contribution < 1.29 is 89.0 Å². The van der Waals surface area contributed by atoms with Gasteiger partial charge in [0.25, 0.3) is 0 Å². The Labute approximate surface area is 293 Å². The number of phenolic OH excluding ortho intramolecular Hbond substituents is 3. The van der Waals surface area contributed by atoms with E-state index in [2.05, 4.69) is 0 Å². The van der Waals surface area contributed by atoms with E-state index >= 15 is 0 Å². The van der Waals surface area contributed by atoms with Gasteiger partial charge >= 0.3 is 0 Å². The van der Waals surface area contributed by atoms with Crippen molar-refractivity contribution in [2.45, 2.75) is 106 Å². The molecule has 3 aliphatic rings. The Kier molecular flexibility index (Phi) is 11.0. The van der Waals surface area contributed by atoms with Crippen LogP contribution in [0.4, 0.5) is 0 Å². The zero-order valence-electron chi connectivity index (χ0n) is 27.5. The molecule has 0 radical (unpaired) electrons. The molecule has 0 amide bonds. The molecule has 2 aromatic carbocycles. The van der Waals surface area contributed by atoms with Crippen molar-refractivity contribution in [1.82, 2.24) is 0 Å². The van der Waals surface area contributed by atoms with Gasteiger partial charge in [0.1, 0.15) is 83.2 Å². The van der Waals surface area contributed by atoms with E-state index in [1.807, 2.05) is 0 Å². The molecule has 0 spiro atoms. The van der Waals surface area contributed by atoms with Crippen LogP contribution >= 0.6 is 0 Å². The minimum absolute atomic E-state index is 0.138. The van der Waals surface area contributed by atoms with Gasteiger partial charge in [0.2, 0.25) is 17.5 Å². The number of rotatable bonds is 8. The first-order valence-electron chi connectivity index (χ1n) is 16.2. The van der Waals surface area contributed by atoms with E-state index in [9.17, 15) is 61.0 Å². The summed E-state index contributed by atoms with van der Waals surface area (Å²) in [6.07, 6.45) is -24.7. The molecule has 3 fully saturated rings. The van der Waals surface area contributed by atoms with Gasteiger partial charge in [0, 0.05) is 17.7 Å². The van der Waals surface area contributed by atoms with Crippen molar-refractivity contribution in [2.75, 3.05) is 6.61 Å². The van der Waals surface area contributed by atoms with Gasteiger partial charge in [-0.25, -0.2) is 0 Å². The van der Waals surface area contributed by atoms with Crippen LogP contribution in [0.25, 0.3) is 22.3 Å². The highest BCUT2D eigenvalue weighted by molar-refractivity contribution is 5.88. The van der Waals surface area contributed by atoms with Gasteiger partial charge in [-0.1, -0.05) is 0 Å². The molecule has 1 aromatic heterocycles. The normalized spacial score (nSPS) is 38.3. The number of ether oxygens (including phenoxy) is 6. The summed E-state index contributed by atoms with van der Waals surface area (Å²) in [6.45, 7) is 2.12. The number of aromatic hydroxyl groups is 3. The number of hydrogen-bond acceptors (Lipinski definition) is 19. The standard InChI is InChI=1S/C33H40O19/c1-10-19(37)23(41)26(44)31(47-10)46-9-17-21(39)25(43)30(52-32-27(45)24(42)20(38)11(2)48-32)33(50-17)51-29-22(40)18-15(36)7-14(35)8-16(18)49-28(29)12-3-5-13(34)6-4-12/h3-8,10-11,17,19-21,23-27,30-39,41-45H,9H2,1-2H3/t10-,11-,17+,19-,20-,21+,23+,24+,25-,26+,27+,30+,31+,32-,33-/m0/s1. The second-order valence-electron chi connectivity index (χ2n) is 12.9. The quantitative estimate of drug-likeness (QED) is 0.113. The van der Waals surface area contributed by atoms with Crippen molar-refractivity contribution in [3.63, 3.8) is 0 Å². The highest BCUT2D eigenvalue weighted by atomic mass is 16.8. The lowest BCUT2D eigenvalue weighted by Crippen LogP contribution is -2.65. The van der Waals surface area contributed by atoms with Crippen LogP contribution < -0.4 is 10.2 Å². The summed E-state index contributed by atoms with van der Waals surface area (Å²) in [5, 5.41) is 115. The maximum atomic E-state index is 14.0. The van der Waals surface area contributed by atoms with E-state index in [0.717, 1.165) is 12.1 Å². The summed E-state index contributed by atoms with van der Waals surface area (Å²) in [5.41, 5.74) is -1.15. The summed E-state index contributed by atoms with van der Waals surface area (Å²) in [4.78, 5) is 14.0. The lowest BCUT2D eigenvalue weighted by Gasteiger charge is -2.46. The van der Waals surface area contributed by atoms with Gasteiger partial charge in [0.15, 0.2) is 24.4 Å². The van der Waals surface area contributed by atoms with Crippen LogP contribution in [-0.4, -0.2) is 155 Å². The van der Waals surface area contributed by atoms with Crippen LogP contribution in [0.2, 0.25) is 0 Å².